The Labute approximate surface area is 98.0 Å². The lowest BCUT2D eigenvalue weighted by molar-refractivity contribution is -0.139. The van der Waals surface area contributed by atoms with Gasteiger partial charge in [0.15, 0.2) is 0 Å². The highest BCUT2D eigenvalue weighted by atomic mass is 19.4. The highest BCUT2D eigenvalue weighted by molar-refractivity contribution is 5.27. The second kappa shape index (κ2) is 5.91. The van der Waals surface area contributed by atoms with E-state index < -0.39 is 18.7 Å². The Morgan fingerprint density at radius 1 is 1.24 bits per heavy atom. The first-order chi connectivity index (χ1) is 7.87. The minimum absolute atomic E-state index is 0.376. The smallest absolute Gasteiger partial charge is 0.392 e. The third kappa shape index (κ3) is 6.16. The molecule has 1 atom stereocenters. The van der Waals surface area contributed by atoms with Crippen LogP contribution in [0, 0.1) is 0 Å². The molecule has 1 rings (SSSR count). The number of aliphatic hydroxyl groups excluding tert-OH is 1. The van der Waals surface area contributed by atoms with Crippen molar-refractivity contribution in [1.29, 1.82) is 0 Å². The molecule has 0 aliphatic heterocycles. The van der Waals surface area contributed by atoms with E-state index in [4.69, 9.17) is 9.84 Å². The number of hydrogen-bond donors (Lipinski definition) is 1. The van der Waals surface area contributed by atoms with E-state index in [9.17, 15) is 13.2 Å². The first kappa shape index (κ1) is 13.8. The number of alkyl halides is 3. The molecule has 0 aliphatic carbocycles. The summed E-state index contributed by atoms with van der Waals surface area (Å²) in [5, 5.41) is 9.15. The molecule has 0 bridgehead atoms. The van der Waals surface area contributed by atoms with Crippen LogP contribution < -0.4 is 4.74 Å². The van der Waals surface area contributed by atoms with Crippen molar-refractivity contribution in [1.82, 2.24) is 0 Å². The first-order valence-electron chi connectivity index (χ1n) is 5.33. The van der Waals surface area contributed by atoms with Gasteiger partial charge in [0.1, 0.15) is 5.75 Å². The highest BCUT2D eigenvalue weighted by Gasteiger charge is 2.26. The van der Waals surface area contributed by atoms with E-state index in [1.807, 2.05) is 0 Å². The Morgan fingerprint density at radius 3 is 2.29 bits per heavy atom. The average Bonchev–Trinajstić information content (AvgIpc) is 2.18. The lowest BCUT2D eigenvalue weighted by Gasteiger charge is -2.09. The molecule has 1 unspecified atom stereocenters. The second-order valence-electron chi connectivity index (χ2n) is 3.91. The van der Waals surface area contributed by atoms with Crippen LogP contribution >= 0.6 is 0 Å². The summed E-state index contributed by atoms with van der Waals surface area (Å²) in [6, 6.07) is 6.67. The fourth-order valence-electron chi connectivity index (χ4n) is 1.35. The largest absolute Gasteiger partial charge is 0.493 e. The molecule has 0 heterocycles. The zero-order chi connectivity index (χ0) is 12.9. The van der Waals surface area contributed by atoms with Gasteiger partial charge in [-0.2, -0.15) is 13.2 Å². The summed E-state index contributed by atoms with van der Waals surface area (Å²) in [4.78, 5) is 0. The van der Waals surface area contributed by atoms with Crippen molar-refractivity contribution < 1.29 is 23.0 Å². The van der Waals surface area contributed by atoms with Gasteiger partial charge in [-0.05, 0) is 31.0 Å². The van der Waals surface area contributed by atoms with Crippen molar-refractivity contribution in [3.63, 3.8) is 0 Å². The molecule has 1 aromatic rings. The SMILES string of the molecule is CC(O)Cc1ccc(OCCC(F)(F)F)cc1. The van der Waals surface area contributed by atoms with Gasteiger partial charge in [0, 0.05) is 0 Å². The summed E-state index contributed by atoms with van der Waals surface area (Å²) in [6.45, 7) is 1.30. The zero-order valence-corrected chi connectivity index (χ0v) is 9.50. The topological polar surface area (TPSA) is 29.5 Å². The molecule has 0 aliphatic rings. The number of ether oxygens (including phenoxy) is 1. The second-order valence-corrected chi connectivity index (χ2v) is 3.91. The molecule has 0 spiro atoms. The molecule has 2 nitrogen and oxygen atoms in total. The van der Waals surface area contributed by atoms with Crippen LogP contribution in [-0.2, 0) is 6.42 Å². The summed E-state index contributed by atoms with van der Waals surface area (Å²) < 4.78 is 40.5. The van der Waals surface area contributed by atoms with Crippen molar-refractivity contribution in [2.75, 3.05) is 6.61 Å². The van der Waals surface area contributed by atoms with E-state index in [2.05, 4.69) is 0 Å². The Kier molecular flexibility index (Phi) is 4.81. The summed E-state index contributed by atoms with van der Waals surface area (Å²) >= 11 is 0. The van der Waals surface area contributed by atoms with E-state index in [-0.39, 0.29) is 6.61 Å². The van der Waals surface area contributed by atoms with E-state index in [0.29, 0.717) is 12.2 Å². The molecule has 17 heavy (non-hydrogen) atoms. The van der Waals surface area contributed by atoms with Crippen molar-refractivity contribution in [3.8, 4) is 5.75 Å². The maximum absolute atomic E-state index is 11.9. The molecule has 5 heteroatoms. The van der Waals surface area contributed by atoms with Crippen LogP contribution in [-0.4, -0.2) is 24.0 Å². The molecule has 0 aromatic heterocycles. The van der Waals surface area contributed by atoms with Gasteiger partial charge in [-0.1, -0.05) is 12.1 Å². The Morgan fingerprint density at radius 2 is 1.82 bits per heavy atom. The van der Waals surface area contributed by atoms with Crippen molar-refractivity contribution in [3.05, 3.63) is 29.8 Å². The molecule has 1 aromatic carbocycles. The van der Waals surface area contributed by atoms with E-state index in [1.165, 1.54) is 0 Å². The molecule has 0 saturated carbocycles. The first-order valence-corrected chi connectivity index (χ1v) is 5.33. The summed E-state index contributed by atoms with van der Waals surface area (Å²) in [5.41, 5.74) is 0.920. The Balaban J connectivity index is 2.40. The summed E-state index contributed by atoms with van der Waals surface area (Å²) in [5.74, 6) is 0.406. The number of benzene rings is 1. The molecule has 0 amide bonds. The summed E-state index contributed by atoms with van der Waals surface area (Å²) in [6.07, 6.45) is -5.07. The van der Waals surface area contributed by atoms with Gasteiger partial charge in [0.2, 0.25) is 0 Å². The molecule has 0 saturated heterocycles. The van der Waals surface area contributed by atoms with Crippen LogP contribution in [0.15, 0.2) is 24.3 Å². The molecule has 0 fully saturated rings. The third-order valence-electron chi connectivity index (χ3n) is 2.11. The van der Waals surface area contributed by atoms with E-state index in [0.717, 1.165) is 5.56 Å². The van der Waals surface area contributed by atoms with Crippen LogP contribution in [0.3, 0.4) is 0 Å². The molecule has 0 radical (unpaired) electrons. The number of halogens is 3. The molecular weight excluding hydrogens is 233 g/mol. The number of hydrogen-bond acceptors (Lipinski definition) is 2. The minimum Gasteiger partial charge on any atom is -0.493 e. The maximum Gasteiger partial charge on any atom is 0.392 e. The molecule has 96 valence electrons. The van der Waals surface area contributed by atoms with Gasteiger partial charge in [0.25, 0.3) is 0 Å². The highest BCUT2D eigenvalue weighted by Crippen LogP contribution is 2.20. The fraction of sp³-hybridized carbons (Fsp3) is 0.500. The Bertz CT molecular complexity index is 331. The molecule has 1 N–H and O–H groups in total. The Hall–Kier alpha value is -1.23. The van der Waals surface area contributed by atoms with Crippen LogP contribution in [0.4, 0.5) is 13.2 Å². The predicted octanol–water partition coefficient (Wildman–Crippen LogP) is 2.94. The zero-order valence-electron chi connectivity index (χ0n) is 9.50. The summed E-state index contributed by atoms with van der Waals surface area (Å²) in [7, 11) is 0. The van der Waals surface area contributed by atoms with Gasteiger partial charge in [0.05, 0.1) is 19.1 Å². The van der Waals surface area contributed by atoms with Crippen molar-refractivity contribution in [2.45, 2.75) is 32.0 Å². The van der Waals surface area contributed by atoms with E-state index >= 15 is 0 Å². The monoisotopic (exact) mass is 248 g/mol. The van der Waals surface area contributed by atoms with Gasteiger partial charge < -0.3 is 9.84 Å². The minimum atomic E-state index is -4.19. The van der Waals surface area contributed by atoms with Crippen molar-refractivity contribution in [2.24, 2.45) is 0 Å². The van der Waals surface area contributed by atoms with Gasteiger partial charge in [-0.25, -0.2) is 0 Å². The normalized spacial score (nSPS) is 13.5. The average molecular weight is 248 g/mol. The number of aliphatic hydroxyl groups is 1. The fourth-order valence-corrected chi connectivity index (χ4v) is 1.35. The predicted molar refractivity (Wildman–Crippen MR) is 58.0 cm³/mol. The van der Waals surface area contributed by atoms with Crippen LogP contribution in [0.1, 0.15) is 18.9 Å². The van der Waals surface area contributed by atoms with Gasteiger partial charge >= 0.3 is 6.18 Å². The van der Waals surface area contributed by atoms with Gasteiger partial charge in [-0.3, -0.25) is 0 Å². The maximum atomic E-state index is 11.9. The molecular formula is C12H15F3O2. The van der Waals surface area contributed by atoms with Gasteiger partial charge in [-0.15, -0.1) is 0 Å². The number of rotatable bonds is 5. The standard InChI is InChI=1S/C12H15F3O2/c1-9(16)8-10-2-4-11(5-3-10)17-7-6-12(13,14)15/h2-5,9,16H,6-8H2,1H3. The quantitative estimate of drug-likeness (QED) is 0.868. The van der Waals surface area contributed by atoms with Crippen LogP contribution in [0.5, 0.6) is 5.75 Å². The van der Waals surface area contributed by atoms with Crippen molar-refractivity contribution >= 4 is 0 Å². The lowest BCUT2D eigenvalue weighted by atomic mass is 10.1. The third-order valence-corrected chi connectivity index (χ3v) is 2.11. The lowest BCUT2D eigenvalue weighted by Crippen LogP contribution is -2.13. The van der Waals surface area contributed by atoms with E-state index in [1.54, 1.807) is 31.2 Å². The van der Waals surface area contributed by atoms with Crippen LogP contribution in [0.25, 0.3) is 0 Å². The van der Waals surface area contributed by atoms with Crippen LogP contribution in [0.2, 0.25) is 0 Å².